The van der Waals surface area contributed by atoms with E-state index < -0.39 is 11.7 Å². The second kappa shape index (κ2) is 6.90. The number of hydrogen-bond donors (Lipinski definition) is 1. The van der Waals surface area contributed by atoms with Crippen molar-refractivity contribution < 1.29 is 18.7 Å². The Balaban J connectivity index is 1.88. The Morgan fingerprint density at radius 1 is 1.24 bits per heavy atom. The number of methoxy groups -OCH3 is 2. The molecule has 0 saturated heterocycles. The van der Waals surface area contributed by atoms with Crippen molar-refractivity contribution in [2.24, 2.45) is 0 Å². The summed E-state index contributed by atoms with van der Waals surface area (Å²) < 4.78 is 16.7. The third-order valence-electron chi connectivity index (χ3n) is 3.62. The number of oxazole rings is 1. The average molecular weight is 363 g/mol. The van der Waals surface area contributed by atoms with E-state index in [1.807, 2.05) is 0 Å². The van der Waals surface area contributed by atoms with Gasteiger partial charge in [0.1, 0.15) is 23.7 Å². The Bertz CT molecular complexity index is 992. The molecule has 130 valence electrons. The molecule has 0 spiro atoms. The number of nitrogens with one attached hydrogen (secondary N) is 1. The molecule has 0 saturated carbocycles. The molecule has 3 rings (SSSR count). The van der Waals surface area contributed by atoms with Gasteiger partial charge in [-0.1, -0.05) is 23.7 Å². The summed E-state index contributed by atoms with van der Waals surface area (Å²) >= 11 is 6.18. The second-order valence-corrected chi connectivity index (χ2v) is 5.56. The third kappa shape index (κ3) is 3.32. The molecule has 25 heavy (non-hydrogen) atoms. The van der Waals surface area contributed by atoms with Crippen molar-refractivity contribution in [3.8, 4) is 11.5 Å². The lowest BCUT2D eigenvalue weighted by Gasteiger charge is -2.13. The normalized spacial score (nSPS) is 10.7. The second-order valence-electron chi connectivity index (χ2n) is 5.16. The minimum Gasteiger partial charge on any atom is -0.497 e. The van der Waals surface area contributed by atoms with Gasteiger partial charge >= 0.3 is 5.76 Å². The van der Waals surface area contributed by atoms with Crippen molar-refractivity contribution in [1.29, 1.82) is 0 Å². The van der Waals surface area contributed by atoms with Crippen LogP contribution >= 0.6 is 11.6 Å². The molecule has 0 bridgehead atoms. The van der Waals surface area contributed by atoms with E-state index in [2.05, 4.69) is 5.32 Å². The summed E-state index contributed by atoms with van der Waals surface area (Å²) in [5, 5.41) is 2.92. The maximum Gasteiger partial charge on any atom is 0.420 e. The van der Waals surface area contributed by atoms with Gasteiger partial charge in [0.25, 0.3) is 0 Å². The van der Waals surface area contributed by atoms with Crippen LogP contribution in [0.3, 0.4) is 0 Å². The molecule has 7 nitrogen and oxygen atoms in total. The molecule has 1 heterocycles. The van der Waals surface area contributed by atoms with Crippen LogP contribution in [0.4, 0.5) is 5.69 Å². The quantitative estimate of drug-likeness (QED) is 0.754. The monoisotopic (exact) mass is 362 g/mol. The van der Waals surface area contributed by atoms with Crippen molar-refractivity contribution in [3.63, 3.8) is 0 Å². The Kier molecular flexibility index (Phi) is 4.67. The maximum atomic E-state index is 12.4. The van der Waals surface area contributed by atoms with Crippen LogP contribution < -0.4 is 20.5 Å². The van der Waals surface area contributed by atoms with E-state index in [1.165, 1.54) is 18.8 Å². The van der Waals surface area contributed by atoms with Crippen LogP contribution in [0.25, 0.3) is 11.1 Å². The lowest BCUT2D eigenvalue weighted by Crippen LogP contribution is -2.25. The van der Waals surface area contributed by atoms with Gasteiger partial charge in [-0.05, 0) is 12.1 Å². The minimum atomic E-state index is -0.607. The number of anilines is 1. The molecule has 0 fully saturated rings. The zero-order valence-corrected chi connectivity index (χ0v) is 14.3. The minimum absolute atomic E-state index is 0.221. The van der Waals surface area contributed by atoms with Crippen LogP contribution in [0.5, 0.6) is 11.5 Å². The van der Waals surface area contributed by atoms with Gasteiger partial charge in [0.15, 0.2) is 5.58 Å². The maximum absolute atomic E-state index is 12.4. The summed E-state index contributed by atoms with van der Waals surface area (Å²) in [5.74, 6) is -0.206. The number of carbonyl (C=O) groups excluding carboxylic acids is 1. The summed E-state index contributed by atoms with van der Waals surface area (Å²) in [6, 6.07) is 10.0. The molecule has 8 heteroatoms. The van der Waals surface area contributed by atoms with Crippen molar-refractivity contribution >= 4 is 34.3 Å². The molecule has 2 aromatic carbocycles. The number of ether oxygens (including phenoxy) is 2. The largest absolute Gasteiger partial charge is 0.497 e. The fourth-order valence-corrected chi connectivity index (χ4v) is 2.69. The van der Waals surface area contributed by atoms with Gasteiger partial charge in [-0.25, -0.2) is 4.79 Å². The lowest BCUT2D eigenvalue weighted by atomic mass is 10.2. The van der Waals surface area contributed by atoms with E-state index in [4.69, 9.17) is 25.5 Å². The number of halogens is 1. The molecule has 1 N–H and O–H groups in total. The van der Waals surface area contributed by atoms with Crippen LogP contribution in [-0.4, -0.2) is 24.7 Å². The highest BCUT2D eigenvalue weighted by Crippen LogP contribution is 2.36. The van der Waals surface area contributed by atoms with E-state index >= 15 is 0 Å². The highest BCUT2D eigenvalue weighted by molar-refractivity contribution is 6.34. The summed E-state index contributed by atoms with van der Waals surface area (Å²) in [6.07, 6.45) is 0. The number of carbonyl (C=O) groups is 1. The molecular weight excluding hydrogens is 348 g/mol. The van der Waals surface area contributed by atoms with E-state index in [-0.39, 0.29) is 11.6 Å². The van der Waals surface area contributed by atoms with Gasteiger partial charge in [-0.2, -0.15) is 0 Å². The van der Waals surface area contributed by atoms with Crippen LogP contribution in [0.1, 0.15) is 0 Å². The van der Waals surface area contributed by atoms with Gasteiger partial charge in [-0.15, -0.1) is 0 Å². The summed E-state index contributed by atoms with van der Waals surface area (Å²) in [5.41, 5.74) is 1.26. The van der Waals surface area contributed by atoms with E-state index in [9.17, 15) is 9.59 Å². The SMILES string of the molecule is COc1cc(Cl)c(NC(=O)Cn2c(=O)oc3ccccc32)c(OC)c1. The molecular formula is C17H15ClN2O5. The van der Waals surface area contributed by atoms with Gasteiger partial charge < -0.3 is 19.2 Å². The van der Waals surface area contributed by atoms with E-state index in [0.29, 0.717) is 28.3 Å². The number of para-hydroxylation sites is 2. The predicted molar refractivity (Wildman–Crippen MR) is 93.7 cm³/mol. The molecule has 0 radical (unpaired) electrons. The Morgan fingerprint density at radius 2 is 2.00 bits per heavy atom. The van der Waals surface area contributed by atoms with Crippen LogP contribution in [0.2, 0.25) is 5.02 Å². The summed E-state index contributed by atoms with van der Waals surface area (Å²) in [7, 11) is 2.95. The third-order valence-corrected chi connectivity index (χ3v) is 3.92. The van der Waals surface area contributed by atoms with Crippen molar-refractivity contribution in [2.45, 2.75) is 6.54 Å². The Labute approximate surface area is 147 Å². The smallest absolute Gasteiger partial charge is 0.420 e. The van der Waals surface area contributed by atoms with Crippen molar-refractivity contribution in [2.75, 3.05) is 19.5 Å². The Hall–Kier alpha value is -2.93. The first-order valence-corrected chi connectivity index (χ1v) is 7.71. The highest BCUT2D eigenvalue weighted by atomic mass is 35.5. The lowest BCUT2D eigenvalue weighted by molar-refractivity contribution is -0.116. The van der Waals surface area contributed by atoms with E-state index in [1.54, 1.807) is 36.4 Å². The molecule has 0 aliphatic carbocycles. The Morgan fingerprint density at radius 3 is 2.72 bits per heavy atom. The number of rotatable bonds is 5. The van der Waals surface area contributed by atoms with Crippen molar-refractivity contribution in [3.05, 3.63) is 52.0 Å². The van der Waals surface area contributed by atoms with Gasteiger partial charge in [-0.3, -0.25) is 9.36 Å². The van der Waals surface area contributed by atoms with Crippen molar-refractivity contribution in [1.82, 2.24) is 4.57 Å². The number of aromatic nitrogens is 1. The fraction of sp³-hybridized carbons (Fsp3) is 0.176. The van der Waals surface area contributed by atoms with Gasteiger partial charge in [0.05, 0.1) is 24.8 Å². The topological polar surface area (TPSA) is 82.7 Å². The molecule has 0 atom stereocenters. The molecule has 1 aromatic heterocycles. The van der Waals surface area contributed by atoms with Crippen LogP contribution in [0.15, 0.2) is 45.6 Å². The molecule has 0 aliphatic rings. The van der Waals surface area contributed by atoms with E-state index in [0.717, 1.165) is 0 Å². The highest BCUT2D eigenvalue weighted by Gasteiger charge is 2.17. The zero-order valence-electron chi connectivity index (χ0n) is 13.5. The van der Waals surface area contributed by atoms with Crippen LogP contribution in [0, 0.1) is 0 Å². The zero-order chi connectivity index (χ0) is 18.0. The standard InChI is InChI=1S/C17H15ClN2O5/c1-23-10-7-11(18)16(14(8-10)24-2)19-15(21)9-20-12-5-3-4-6-13(12)25-17(20)22/h3-8H,9H2,1-2H3,(H,19,21). The number of benzene rings is 2. The molecule has 0 aliphatic heterocycles. The molecule has 1 amide bonds. The van der Waals surface area contributed by atoms with Gasteiger partial charge in [0.2, 0.25) is 5.91 Å². The average Bonchev–Trinajstić information content (AvgIpc) is 2.92. The first-order chi connectivity index (χ1) is 12.0. The number of amides is 1. The van der Waals surface area contributed by atoms with Crippen LogP contribution in [-0.2, 0) is 11.3 Å². The first-order valence-electron chi connectivity index (χ1n) is 7.33. The summed E-state index contributed by atoms with van der Waals surface area (Å²) in [6.45, 7) is -0.221. The fourth-order valence-electron chi connectivity index (χ4n) is 2.44. The summed E-state index contributed by atoms with van der Waals surface area (Å²) in [4.78, 5) is 24.3. The number of fused-ring (bicyclic) bond motifs is 1. The number of hydrogen-bond acceptors (Lipinski definition) is 5. The first kappa shape index (κ1) is 16.9. The predicted octanol–water partition coefficient (Wildman–Crippen LogP) is 2.90. The number of nitrogens with zero attached hydrogens (tertiary/aromatic N) is 1. The molecule has 3 aromatic rings. The molecule has 0 unspecified atom stereocenters. The van der Waals surface area contributed by atoms with Gasteiger partial charge in [0, 0.05) is 12.1 Å².